The maximum absolute atomic E-state index is 6.24. The number of hydrogen-bond donors (Lipinski definition) is 1. The predicted molar refractivity (Wildman–Crippen MR) is 80.5 cm³/mol. The lowest BCUT2D eigenvalue weighted by Crippen LogP contribution is -2.51. The molecule has 0 aromatic carbocycles. The Kier molecular flexibility index (Phi) is 4.29. The number of hydrogen-bond acceptors (Lipinski definition) is 3. The van der Waals surface area contributed by atoms with E-state index in [0.717, 1.165) is 12.3 Å². The first-order chi connectivity index (χ1) is 8.75. The fourth-order valence-electron chi connectivity index (χ4n) is 4.07. The van der Waals surface area contributed by atoms with Crippen molar-refractivity contribution in [1.29, 1.82) is 0 Å². The second-order valence-electron chi connectivity index (χ2n) is 7.64. The standard InChI is InChI=1S/C16H32N2O/c1-12(17-6)13-7-9-18(10-8-13)14-11-15(2,3)19-16(14,4)5/h12-14,17H,7-11H2,1-6H3. The van der Waals surface area contributed by atoms with Gasteiger partial charge in [0.05, 0.1) is 11.2 Å². The SMILES string of the molecule is CNC(C)C1CCN(C2CC(C)(C)OC2(C)C)CC1. The van der Waals surface area contributed by atoms with Crippen LogP contribution in [0.1, 0.15) is 53.9 Å². The molecule has 0 radical (unpaired) electrons. The number of ether oxygens (including phenoxy) is 1. The largest absolute Gasteiger partial charge is 0.368 e. The molecule has 0 amide bonds. The van der Waals surface area contributed by atoms with Crippen LogP contribution in [0.4, 0.5) is 0 Å². The summed E-state index contributed by atoms with van der Waals surface area (Å²) in [6, 6.07) is 1.22. The van der Waals surface area contributed by atoms with E-state index < -0.39 is 0 Å². The van der Waals surface area contributed by atoms with E-state index in [9.17, 15) is 0 Å². The molecule has 0 aliphatic carbocycles. The van der Waals surface area contributed by atoms with E-state index in [1.165, 1.54) is 25.9 Å². The zero-order valence-corrected chi connectivity index (χ0v) is 13.6. The number of rotatable bonds is 3. The Bertz CT molecular complexity index is 306. The zero-order chi connectivity index (χ0) is 14.3. The zero-order valence-electron chi connectivity index (χ0n) is 13.6. The summed E-state index contributed by atoms with van der Waals surface area (Å²) < 4.78 is 6.24. The first kappa shape index (κ1) is 15.3. The third kappa shape index (κ3) is 3.32. The number of nitrogens with zero attached hydrogens (tertiary/aromatic N) is 1. The minimum atomic E-state index is -0.00897. The normalized spacial score (nSPS) is 33.5. The molecule has 2 unspecified atom stereocenters. The Morgan fingerprint density at radius 2 is 1.74 bits per heavy atom. The molecule has 0 aromatic heterocycles. The van der Waals surface area contributed by atoms with Gasteiger partial charge in [0.15, 0.2) is 0 Å². The van der Waals surface area contributed by atoms with Crippen LogP contribution in [0.3, 0.4) is 0 Å². The van der Waals surface area contributed by atoms with Crippen LogP contribution in [-0.4, -0.2) is 48.3 Å². The Labute approximate surface area is 119 Å². The van der Waals surface area contributed by atoms with Gasteiger partial charge in [-0.05, 0) is 79.9 Å². The molecule has 3 heteroatoms. The highest BCUT2D eigenvalue weighted by molar-refractivity contribution is 5.01. The van der Waals surface area contributed by atoms with Gasteiger partial charge in [0, 0.05) is 12.1 Å². The van der Waals surface area contributed by atoms with Crippen molar-refractivity contribution in [2.75, 3.05) is 20.1 Å². The third-order valence-corrected chi connectivity index (χ3v) is 5.20. The van der Waals surface area contributed by atoms with Gasteiger partial charge in [-0.3, -0.25) is 4.90 Å². The predicted octanol–water partition coefficient (Wildman–Crippen LogP) is 2.65. The number of piperidine rings is 1. The summed E-state index contributed by atoms with van der Waals surface area (Å²) in [7, 11) is 2.08. The maximum Gasteiger partial charge on any atom is 0.0789 e. The number of nitrogens with one attached hydrogen (secondary N) is 1. The summed E-state index contributed by atoms with van der Waals surface area (Å²) in [5.74, 6) is 0.833. The Balaban J connectivity index is 1.95. The smallest absolute Gasteiger partial charge is 0.0789 e. The summed E-state index contributed by atoms with van der Waals surface area (Å²) in [6.45, 7) is 13.7. The molecular formula is C16H32N2O. The van der Waals surface area contributed by atoms with Crippen molar-refractivity contribution in [1.82, 2.24) is 10.2 Å². The van der Waals surface area contributed by atoms with Crippen LogP contribution in [0.5, 0.6) is 0 Å². The quantitative estimate of drug-likeness (QED) is 0.851. The molecule has 0 saturated carbocycles. The lowest BCUT2D eigenvalue weighted by atomic mass is 9.86. The van der Waals surface area contributed by atoms with Gasteiger partial charge in [-0.2, -0.15) is 0 Å². The van der Waals surface area contributed by atoms with Gasteiger partial charge < -0.3 is 10.1 Å². The van der Waals surface area contributed by atoms with Gasteiger partial charge in [-0.1, -0.05) is 0 Å². The van der Waals surface area contributed by atoms with Crippen LogP contribution in [0.15, 0.2) is 0 Å². The molecule has 2 saturated heterocycles. The van der Waals surface area contributed by atoms with Crippen molar-refractivity contribution in [2.24, 2.45) is 5.92 Å². The second-order valence-corrected chi connectivity index (χ2v) is 7.64. The first-order valence-electron chi connectivity index (χ1n) is 7.87. The lowest BCUT2D eigenvalue weighted by Gasteiger charge is -2.41. The minimum absolute atomic E-state index is 0.00897. The van der Waals surface area contributed by atoms with E-state index in [1.807, 2.05) is 0 Å². The lowest BCUT2D eigenvalue weighted by molar-refractivity contribution is -0.0829. The topological polar surface area (TPSA) is 24.5 Å². The van der Waals surface area contributed by atoms with Crippen molar-refractivity contribution in [3.8, 4) is 0 Å². The molecule has 2 heterocycles. The summed E-state index contributed by atoms with van der Waals surface area (Å²) >= 11 is 0. The van der Waals surface area contributed by atoms with E-state index in [-0.39, 0.29) is 11.2 Å². The molecule has 2 aliphatic heterocycles. The molecule has 0 aromatic rings. The Morgan fingerprint density at radius 3 is 2.16 bits per heavy atom. The van der Waals surface area contributed by atoms with Gasteiger partial charge in [0.2, 0.25) is 0 Å². The van der Waals surface area contributed by atoms with E-state index in [2.05, 4.69) is 51.9 Å². The van der Waals surface area contributed by atoms with E-state index in [4.69, 9.17) is 4.74 Å². The Hall–Kier alpha value is -0.120. The minimum Gasteiger partial charge on any atom is -0.368 e. The second kappa shape index (κ2) is 5.34. The average Bonchev–Trinajstić information content (AvgIpc) is 2.56. The molecule has 3 nitrogen and oxygen atoms in total. The van der Waals surface area contributed by atoms with Crippen LogP contribution >= 0.6 is 0 Å². The van der Waals surface area contributed by atoms with Crippen LogP contribution in [0.2, 0.25) is 0 Å². The highest BCUT2D eigenvalue weighted by Gasteiger charge is 2.48. The van der Waals surface area contributed by atoms with Crippen molar-refractivity contribution in [2.45, 2.75) is 77.2 Å². The maximum atomic E-state index is 6.24. The molecule has 0 spiro atoms. The summed E-state index contributed by atoms with van der Waals surface area (Å²) in [5, 5.41) is 3.41. The van der Waals surface area contributed by atoms with Crippen LogP contribution in [-0.2, 0) is 4.74 Å². The third-order valence-electron chi connectivity index (χ3n) is 5.20. The molecule has 112 valence electrons. The highest BCUT2D eigenvalue weighted by Crippen LogP contribution is 2.41. The fourth-order valence-corrected chi connectivity index (χ4v) is 4.07. The molecule has 0 bridgehead atoms. The average molecular weight is 268 g/mol. The van der Waals surface area contributed by atoms with Crippen LogP contribution in [0, 0.1) is 5.92 Å². The monoisotopic (exact) mass is 268 g/mol. The van der Waals surface area contributed by atoms with Gasteiger partial charge in [-0.15, -0.1) is 0 Å². The summed E-state index contributed by atoms with van der Waals surface area (Å²) in [5.41, 5.74) is 0.0221. The van der Waals surface area contributed by atoms with Crippen molar-refractivity contribution in [3.63, 3.8) is 0 Å². The van der Waals surface area contributed by atoms with Crippen molar-refractivity contribution >= 4 is 0 Å². The fraction of sp³-hybridized carbons (Fsp3) is 1.00. The summed E-state index contributed by atoms with van der Waals surface area (Å²) in [6.07, 6.45) is 3.79. The van der Waals surface area contributed by atoms with Crippen LogP contribution < -0.4 is 5.32 Å². The van der Waals surface area contributed by atoms with Gasteiger partial charge in [0.1, 0.15) is 0 Å². The molecule has 19 heavy (non-hydrogen) atoms. The molecule has 2 rings (SSSR count). The van der Waals surface area contributed by atoms with Crippen LogP contribution in [0.25, 0.3) is 0 Å². The van der Waals surface area contributed by atoms with E-state index in [1.54, 1.807) is 0 Å². The van der Waals surface area contributed by atoms with Gasteiger partial charge >= 0.3 is 0 Å². The number of likely N-dealkylation sites (tertiary alicyclic amines) is 1. The van der Waals surface area contributed by atoms with E-state index in [0.29, 0.717) is 12.1 Å². The van der Waals surface area contributed by atoms with E-state index >= 15 is 0 Å². The highest BCUT2D eigenvalue weighted by atomic mass is 16.5. The van der Waals surface area contributed by atoms with Crippen molar-refractivity contribution in [3.05, 3.63) is 0 Å². The molecule has 2 atom stereocenters. The van der Waals surface area contributed by atoms with Crippen molar-refractivity contribution < 1.29 is 4.74 Å². The Morgan fingerprint density at radius 1 is 1.16 bits per heavy atom. The molecular weight excluding hydrogens is 236 g/mol. The molecule has 2 aliphatic rings. The van der Waals surface area contributed by atoms with Gasteiger partial charge in [0.25, 0.3) is 0 Å². The first-order valence-corrected chi connectivity index (χ1v) is 7.87. The molecule has 1 N–H and O–H groups in total. The van der Waals surface area contributed by atoms with Gasteiger partial charge in [-0.25, -0.2) is 0 Å². The summed E-state index contributed by atoms with van der Waals surface area (Å²) in [4.78, 5) is 2.67. The molecule has 2 fully saturated rings.